The van der Waals surface area contributed by atoms with Gasteiger partial charge in [0.2, 0.25) is 10.0 Å². The Hall–Kier alpha value is -2.38. The molecule has 2 aromatic carbocycles. The van der Waals surface area contributed by atoms with Crippen LogP contribution in [-0.4, -0.2) is 34.1 Å². The Bertz CT molecular complexity index is 827. The fourth-order valence-electron chi connectivity index (χ4n) is 2.31. The molecule has 0 aliphatic carbocycles. The first kappa shape index (κ1) is 19.9. The number of sulfonamides is 1. The Morgan fingerprint density at radius 1 is 1.04 bits per heavy atom. The lowest BCUT2D eigenvalue weighted by atomic mass is 10.1. The van der Waals surface area contributed by atoms with Crippen molar-refractivity contribution in [1.29, 1.82) is 0 Å². The van der Waals surface area contributed by atoms with Gasteiger partial charge in [-0.25, -0.2) is 17.9 Å². The zero-order valence-corrected chi connectivity index (χ0v) is 15.9. The number of methoxy groups -OCH3 is 1. The number of benzene rings is 2. The highest BCUT2D eigenvalue weighted by Gasteiger charge is 2.14. The van der Waals surface area contributed by atoms with Crippen LogP contribution in [0.4, 0.5) is 0 Å². The average molecular weight is 377 g/mol. The molecule has 7 heteroatoms. The molecular weight excluding hydrogens is 354 g/mol. The Morgan fingerprint density at radius 2 is 1.65 bits per heavy atom. The maximum absolute atomic E-state index is 12.3. The van der Waals surface area contributed by atoms with Gasteiger partial charge in [0.1, 0.15) is 5.75 Å². The molecule has 0 aliphatic heterocycles. The topological polar surface area (TPSA) is 81.7 Å². The molecule has 0 saturated carbocycles. The fourth-order valence-corrected chi connectivity index (χ4v) is 3.34. The molecule has 0 aromatic heterocycles. The molecule has 2 rings (SSSR count). The number of carbonyl (C=O) groups is 1. The standard InChI is InChI=1S/C19H23NO5S/c1-14(2)25-17-8-4-15(5-9-17)12-13-20-26(22,23)18-10-6-16(7-11-18)19(21)24-3/h4-11,14,20H,12-13H2,1-3H3. The van der Waals surface area contributed by atoms with E-state index in [-0.39, 0.29) is 17.5 Å². The molecule has 140 valence electrons. The molecule has 2 aromatic rings. The number of hydrogen-bond donors (Lipinski definition) is 1. The molecule has 0 atom stereocenters. The van der Waals surface area contributed by atoms with E-state index in [9.17, 15) is 13.2 Å². The third-order valence-corrected chi connectivity index (χ3v) is 5.06. The zero-order chi connectivity index (χ0) is 19.2. The van der Waals surface area contributed by atoms with Gasteiger partial charge < -0.3 is 9.47 Å². The fraction of sp³-hybridized carbons (Fsp3) is 0.316. The van der Waals surface area contributed by atoms with Crippen molar-refractivity contribution in [1.82, 2.24) is 4.72 Å². The monoisotopic (exact) mass is 377 g/mol. The van der Waals surface area contributed by atoms with Crippen LogP contribution in [0.1, 0.15) is 29.8 Å². The summed E-state index contributed by atoms with van der Waals surface area (Å²) in [6.07, 6.45) is 0.666. The van der Waals surface area contributed by atoms with Gasteiger partial charge in [0.25, 0.3) is 0 Å². The second kappa shape index (κ2) is 8.82. The molecule has 0 radical (unpaired) electrons. The first-order valence-corrected chi connectivity index (χ1v) is 9.74. The lowest BCUT2D eigenvalue weighted by molar-refractivity contribution is 0.0600. The SMILES string of the molecule is COC(=O)c1ccc(S(=O)(=O)NCCc2ccc(OC(C)C)cc2)cc1. The van der Waals surface area contributed by atoms with Crippen molar-refractivity contribution in [2.24, 2.45) is 0 Å². The van der Waals surface area contributed by atoms with E-state index in [1.54, 1.807) is 0 Å². The summed E-state index contributed by atoms with van der Waals surface area (Å²) >= 11 is 0. The highest BCUT2D eigenvalue weighted by Crippen LogP contribution is 2.15. The van der Waals surface area contributed by atoms with Crippen molar-refractivity contribution >= 4 is 16.0 Å². The molecule has 0 heterocycles. The van der Waals surface area contributed by atoms with Gasteiger partial charge >= 0.3 is 5.97 Å². The first-order valence-electron chi connectivity index (χ1n) is 8.25. The lowest BCUT2D eigenvalue weighted by Crippen LogP contribution is -2.26. The number of ether oxygens (including phenoxy) is 2. The molecule has 0 saturated heterocycles. The van der Waals surface area contributed by atoms with Crippen LogP contribution in [0, 0.1) is 0 Å². The van der Waals surface area contributed by atoms with E-state index in [4.69, 9.17) is 4.74 Å². The molecule has 0 amide bonds. The predicted molar refractivity (Wildman–Crippen MR) is 98.9 cm³/mol. The van der Waals surface area contributed by atoms with Crippen LogP contribution >= 0.6 is 0 Å². The van der Waals surface area contributed by atoms with E-state index in [1.165, 1.54) is 31.4 Å². The van der Waals surface area contributed by atoms with Gasteiger partial charge in [-0.05, 0) is 62.2 Å². The first-order chi connectivity index (χ1) is 12.3. The van der Waals surface area contributed by atoms with Crippen LogP contribution in [0.5, 0.6) is 5.75 Å². The number of esters is 1. The maximum atomic E-state index is 12.3. The second-order valence-corrected chi connectivity index (χ2v) is 7.74. The van der Waals surface area contributed by atoms with Crippen LogP contribution in [0.3, 0.4) is 0 Å². The van der Waals surface area contributed by atoms with Gasteiger partial charge in [0.15, 0.2) is 0 Å². The van der Waals surface area contributed by atoms with Gasteiger partial charge in [-0.1, -0.05) is 12.1 Å². The van der Waals surface area contributed by atoms with Gasteiger partial charge in [0.05, 0.1) is 23.7 Å². The van der Waals surface area contributed by atoms with Gasteiger partial charge in [-0.2, -0.15) is 0 Å². The molecular formula is C19H23NO5S. The summed E-state index contributed by atoms with van der Waals surface area (Å²) in [6, 6.07) is 13.2. The van der Waals surface area contributed by atoms with Crippen molar-refractivity contribution in [3.8, 4) is 5.75 Å². The third-order valence-electron chi connectivity index (χ3n) is 3.59. The third kappa shape index (κ3) is 5.57. The minimum atomic E-state index is -3.63. The van der Waals surface area contributed by atoms with Crippen LogP contribution in [0.25, 0.3) is 0 Å². The predicted octanol–water partition coefficient (Wildman–Crippen LogP) is 2.78. The van der Waals surface area contributed by atoms with Gasteiger partial charge in [-0.3, -0.25) is 0 Å². The van der Waals surface area contributed by atoms with E-state index >= 15 is 0 Å². The van der Waals surface area contributed by atoms with E-state index in [0.29, 0.717) is 12.0 Å². The molecule has 0 fully saturated rings. The summed E-state index contributed by atoms with van der Waals surface area (Å²) < 4.78 is 37.3. The second-order valence-electron chi connectivity index (χ2n) is 5.97. The average Bonchev–Trinajstić information content (AvgIpc) is 2.62. The van der Waals surface area contributed by atoms with E-state index in [1.807, 2.05) is 38.1 Å². The van der Waals surface area contributed by atoms with Crippen LogP contribution < -0.4 is 9.46 Å². The molecule has 0 aliphatic rings. The van der Waals surface area contributed by atoms with Crippen molar-refractivity contribution in [2.45, 2.75) is 31.3 Å². The molecule has 1 N–H and O–H groups in total. The minimum Gasteiger partial charge on any atom is -0.491 e. The Labute approximate surface area is 154 Å². The van der Waals surface area contributed by atoms with E-state index in [0.717, 1.165) is 11.3 Å². The van der Waals surface area contributed by atoms with Crippen LogP contribution in [-0.2, 0) is 21.2 Å². The minimum absolute atomic E-state index is 0.103. The largest absolute Gasteiger partial charge is 0.491 e. The molecule has 0 unspecified atom stereocenters. The van der Waals surface area contributed by atoms with Gasteiger partial charge in [-0.15, -0.1) is 0 Å². The Balaban J connectivity index is 1.92. The van der Waals surface area contributed by atoms with Crippen molar-refractivity contribution < 1.29 is 22.7 Å². The quantitative estimate of drug-likeness (QED) is 0.716. The normalized spacial score (nSPS) is 11.4. The summed E-state index contributed by atoms with van der Waals surface area (Å²) in [5.74, 6) is 0.279. The number of hydrogen-bond acceptors (Lipinski definition) is 5. The molecule has 0 bridgehead atoms. The Morgan fingerprint density at radius 3 is 2.19 bits per heavy atom. The number of rotatable bonds is 8. The summed E-state index contributed by atoms with van der Waals surface area (Å²) in [4.78, 5) is 11.5. The van der Waals surface area contributed by atoms with Crippen molar-refractivity contribution in [2.75, 3.05) is 13.7 Å². The van der Waals surface area contributed by atoms with Crippen molar-refractivity contribution in [3.63, 3.8) is 0 Å². The summed E-state index contributed by atoms with van der Waals surface area (Å²) in [5.41, 5.74) is 1.31. The zero-order valence-electron chi connectivity index (χ0n) is 15.1. The van der Waals surface area contributed by atoms with Gasteiger partial charge in [0, 0.05) is 6.54 Å². The highest BCUT2D eigenvalue weighted by molar-refractivity contribution is 7.89. The lowest BCUT2D eigenvalue weighted by Gasteiger charge is -2.10. The van der Waals surface area contributed by atoms with E-state index in [2.05, 4.69) is 9.46 Å². The summed E-state index contributed by atoms with van der Waals surface area (Å²) in [7, 11) is -2.36. The molecule has 26 heavy (non-hydrogen) atoms. The van der Waals surface area contributed by atoms with Crippen LogP contribution in [0.2, 0.25) is 0 Å². The number of carbonyl (C=O) groups excluding carboxylic acids is 1. The summed E-state index contributed by atoms with van der Waals surface area (Å²) in [6.45, 7) is 4.19. The maximum Gasteiger partial charge on any atom is 0.337 e. The molecule has 6 nitrogen and oxygen atoms in total. The highest BCUT2D eigenvalue weighted by atomic mass is 32.2. The Kier molecular flexibility index (Phi) is 6.76. The molecule has 0 spiro atoms. The number of nitrogens with one attached hydrogen (secondary N) is 1. The van der Waals surface area contributed by atoms with Crippen LogP contribution in [0.15, 0.2) is 53.4 Å². The van der Waals surface area contributed by atoms with E-state index < -0.39 is 16.0 Å². The smallest absolute Gasteiger partial charge is 0.337 e. The summed E-state index contributed by atoms with van der Waals surface area (Å²) in [5, 5.41) is 0. The van der Waals surface area contributed by atoms with Crippen molar-refractivity contribution in [3.05, 3.63) is 59.7 Å².